The molecule has 0 amide bonds. The van der Waals surface area contributed by atoms with Gasteiger partial charge in [-0.2, -0.15) is 0 Å². The molecule has 0 rings (SSSR count). The highest BCUT2D eigenvalue weighted by Gasteiger charge is 2.11. The van der Waals surface area contributed by atoms with Crippen LogP contribution in [0, 0.1) is 4.91 Å². The van der Waals surface area contributed by atoms with Crippen molar-refractivity contribution in [3.63, 3.8) is 0 Å². The predicted octanol–water partition coefficient (Wildman–Crippen LogP) is -0.904. The van der Waals surface area contributed by atoms with Gasteiger partial charge in [0, 0.05) is 0 Å². The number of hydrogen-bond acceptors (Lipinski definition) is 5. The quantitative estimate of drug-likeness (QED) is 0.383. The first-order chi connectivity index (χ1) is 4.18. The first-order valence-electron chi connectivity index (χ1n) is 2.11. The maximum atomic E-state index is 9.86. The molecule has 52 valence electrons. The summed E-state index contributed by atoms with van der Waals surface area (Å²) in [5, 5.41) is 10.0. The molecule has 0 saturated carbocycles. The molecule has 3 N–H and O–H groups in total. The van der Waals surface area contributed by atoms with Crippen molar-refractivity contribution in [2.24, 2.45) is 11.1 Å². The topological polar surface area (TPSA) is 102 Å². The van der Waals surface area contributed by atoms with E-state index in [-0.39, 0.29) is 0 Å². The Hall–Kier alpha value is -1.17. The zero-order valence-corrected chi connectivity index (χ0v) is 4.48. The highest BCUT2D eigenvalue weighted by atomic mass is 16.7. The molecule has 0 radical (unpaired) electrons. The van der Waals surface area contributed by atoms with Gasteiger partial charge in [-0.3, -0.25) is 4.79 Å². The first-order valence-corrected chi connectivity index (χ1v) is 2.11. The summed E-state index contributed by atoms with van der Waals surface area (Å²) < 4.78 is 0. The van der Waals surface area contributed by atoms with Crippen molar-refractivity contribution in [2.75, 3.05) is 6.61 Å². The van der Waals surface area contributed by atoms with Crippen LogP contribution in [0.5, 0.6) is 0 Å². The molecular formula is C3H6N2O4. The van der Waals surface area contributed by atoms with Crippen LogP contribution in [0.1, 0.15) is 0 Å². The van der Waals surface area contributed by atoms with E-state index in [1.807, 2.05) is 5.34 Å². The maximum Gasteiger partial charge on any atom is 0.324 e. The van der Waals surface area contributed by atoms with Crippen molar-refractivity contribution in [3.8, 4) is 0 Å². The van der Waals surface area contributed by atoms with Crippen molar-refractivity contribution >= 4 is 5.97 Å². The number of aliphatic carboxylic acids is 1. The number of carbonyl (C=O) groups is 1. The van der Waals surface area contributed by atoms with E-state index in [0.717, 1.165) is 0 Å². The highest BCUT2D eigenvalue weighted by molar-refractivity contribution is 5.73. The van der Waals surface area contributed by atoms with E-state index in [1.54, 1.807) is 0 Å². The minimum absolute atomic E-state index is 0.390. The van der Waals surface area contributed by atoms with Gasteiger partial charge in [-0.15, -0.1) is 4.91 Å². The molecule has 0 heterocycles. The van der Waals surface area contributed by atoms with E-state index >= 15 is 0 Å². The summed E-state index contributed by atoms with van der Waals surface area (Å²) in [6, 6.07) is -1.18. The molecule has 1 atom stereocenters. The molecule has 0 saturated heterocycles. The van der Waals surface area contributed by atoms with Crippen LogP contribution < -0.4 is 5.73 Å². The first kappa shape index (κ1) is 7.83. The molecule has 9 heavy (non-hydrogen) atoms. The normalized spacial score (nSPS) is 12.1. The van der Waals surface area contributed by atoms with Crippen LogP contribution in [0.4, 0.5) is 0 Å². The lowest BCUT2D eigenvalue weighted by Crippen LogP contribution is -2.34. The second-order valence-corrected chi connectivity index (χ2v) is 1.32. The third-order valence-electron chi connectivity index (χ3n) is 0.624. The van der Waals surface area contributed by atoms with Gasteiger partial charge >= 0.3 is 5.97 Å². The Kier molecular flexibility index (Phi) is 3.29. The smallest absolute Gasteiger partial charge is 0.324 e. The fourth-order valence-corrected chi connectivity index (χ4v) is 0.182. The molecule has 0 aliphatic rings. The van der Waals surface area contributed by atoms with E-state index in [4.69, 9.17) is 10.8 Å². The van der Waals surface area contributed by atoms with Crippen LogP contribution >= 0.6 is 0 Å². The average molecular weight is 134 g/mol. The summed E-state index contributed by atoms with van der Waals surface area (Å²) in [5.41, 5.74) is 4.88. The van der Waals surface area contributed by atoms with Gasteiger partial charge in [0.2, 0.25) is 0 Å². The molecule has 0 aromatic carbocycles. The molecule has 0 aliphatic carbocycles. The van der Waals surface area contributed by atoms with Gasteiger partial charge < -0.3 is 15.7 Å². The summed E-state index contributed by atoms with van der Waals surface area (Å²) >= 11 is 0. The fraction of sp³-hybridized carbons (Fsp3) is 0.667. The minimum atomic E-state index is -1.22. The van der Waals surface area contributed by atoms with Crippen molar-refractivity contribution in [2.45, 2.75) is 6.04 Å². The Morgan fingerprint density at radius 2 is 2.44 bits per heavy atom. The van der Waals surface area contributed by atoms with Gasteiger partial charge in [-0.25, -0.2) is 0 Å². The fourth-order valence-electron chi connectivity index (χ4n) is 0.182. The van der Waals surface area contributed by atoms with Gasteiger partial charge in [0.25, 0.3) is 0 Å². The molecule has 0 aliphatic heterocycles. The van der Waals surface area contributed by atoms with Crippen molar-refractivity contribution < 1.29 is 14.7 Å². The molecule has 0 aromatic heterocycles. The van der Waals surface area contributed by atoms with Gasteiger partial charge in [0.05, 0.1) is 0 Å². The van der Waals surface area contributed by atoms with Crippen LogP contribution in [0.2, 0.25) is 0 Å². The predicted molar refractivity (Wildman–Crippen MR) is 27.4 cm³/mol. The summed E-state index contributed by atoms with van der Waals surface area (Å²) in [6.07, 6.45) is 0. The largest absolute Gasteiger partial charge is 0.480 e. The number of nitrogens with two attached hydrogens (primary N) is 1. The number of carboxylic acid groups (broad SMARTS) is 1. The third kappa shape index (κ3) is 3.42. The Morgan fingerprint density at radius 1 is 1.89 bits per heavy atom. The second kappa shape index (κ2) is 3.79. The van der Waals surface area contributed by atoms with Crippen LogP contribution in [0.15, 0.2) is 5.34 Å². The van der Waals surface area contributed by atoms with Gasteiger partial charge in [0.15, 0.2) is 5.34 Å². The molecule has 6 nitrogen and oxygen atoms in total. The molecule has 0 spiro atoms. The Balaban J connectivity index is 3.37. The minimum Gasteiger partial charge on any atom is -0.480 e. The monoisotopic (exact) mass is 134 g/mol. The van der Waals surface area contributed by atoms with Crippen LogP contribution in [0.3, 0.4) is 0 Å². The van der Waals surface area contributed by atoms with Gasteiger partial charge in [0.1, 0.15) is 12.6 Å². The van der Waals surface area contributed by atoms with Crippen LogP contribution in [-0.4, -0.2) is 23.7 Å². The van der Waals surface area contributed by atoms with Crippen molar-refractivity contribution in [1.29, 1.82) is 0 Å². The Morgan fingerprint density at radius 3 is 2.78 bits per heavy atom. The number of rotatable bonds is 4. The Labute approximate surface area is 50.5 Å². The van der Waals surface area contributed by atoms with Crippen molar-refractivity contribution in [1.82, 2.24) is 0 Å². The van der Waals surface area contributed by atoms with E-state index in [1.165, 1.54) is 0 Å². The van der Waals surface area contributed by atoms with Crippen LogP contribution in [-0.2, 0) is 9.63 Å². The lowest BCUT2D eigenvalue weighted by molar-refractivity contribution is -0.140. The summed E-state index contributed by atoms with van der Waals surface area (Å²) in [5.74, 6) is -1.22. The molecular weight excluding hydrogens is 128 g/mol. The average Bonchev–Trinajstić information content (AvgIpc) is 1.82. The van der Waals surface area contributed by atoms with Crippen molar-refractivity contribution in [3.05, 3.63) is 4.91 Å². The number of nitrogens with zero attached hydrogens (tertiary/aromatic N) is 1. The van der Waals surface area contributed by atoms with Crippen LogP contribution in [0.25, 0.3) is 0 Å². The van der Waals surface area contributed by atoms with Gasteiger partial charge in [-0.1, -0.05) is 0 Å². The Bertz CT molecular complexity index is 114. The maximum absolute atomic E-state index is 9.86. The SMILES string of the molecule is N[C@@H](CON=O)C(=O)O. The molecule has 6 heteroatoms. The number of hydrogen-bond donors (Lipinski definition) is 2. The van der Waals surface area contributed by atoms with E-state index < -0.39 is 18.6 Å². The number of carboxylic acids is 1. The van der Waals surface area contributed by atoms with E-state index in [0.29, 0.717) is 0 Å². The summed E-state index contributed by atoms with van der Waals surface area (Å²) in [4.78, 5) is 22.9. The summed E-state index contributed by atoms with van der Waals surface area (Å²) in [6.45, 7) is -0.390. The lowest BCUT2D eigenvalue weighted by atomic mass is 10.3. The third-order valence-corrected chi connectivity index (χ3v) is 0.624. The molecule has 0 aromatic rings. The van der Waals surface area contributed by atoms with E-state index in [9.17, 15) is 9.70 Å². The zero-order chi connectivity index (χ0) is 7.28. The standard InChI is InChI=1S/C3H6N2O4/c4-2(3(6)7)1-9-5-8/h2H,1,4H2,(H,6,7)/t2-/m0/s1. The summed E-state index contributed by atoms with van der Waals surface area (Å²) in [7, 11) is 0. The second-order valence-electron chi connectivity index (χ2n) is 1.32. The molecule has 0 bridgehead atoms. The molecule has 0 fully saturated rings. The molecule has 0 unspecified atom stereocenters. The zero-order valence-electron chi connectivity index (χ0n) is 4.48. The van der Waals surface area contributed by atoms with Gasteiger partial charge in [-0.05, 0) is 0 Å². The lowest BCUT2D eigenvalue weighted by Gasteiger charge is -1.99. The van der Waals surface area contributed by atoms with E-state index in [2.05, 4.69) is 4.84 Å². The highest BCUT2D eigenvalue weighted by Crippen LogP contribution is 1.80.